The van der Waals surface area contributed by atoms with Crippen LogP contribution in [0, 0.1) is 28.1 Å². The third-order valence-corrected chi connectivity index (χ3v) is 9.00. The maximum absolute atomic E-state index is 13.4. The molecule has 0 amide bonds. The molecular weight excluding hydrogens is 400 g/mol. The Kier molecular flexibility index (Phi) is 2.97. The van der Waals surface area contributed by atoms with Crippen molar-refractivity contribution in [2.24, 2.45) is 28.1 Å². The summed E-state index contributed by atoms with van der Waals surface area (Å²) < 4.78 is 22.5. The second kappa shape index (κ2) is 4.69. The van der Waals surface area contributed by atoms with E-state index < -0.39 is 87.9 Å². The zero-order valence-corrected chi connectivity index (χ0v) is 16.9. The van der Waals surface area contributed by atoms with Gasteiger partial charge in [0.2, 0.25) is 11.9 Å². The summed E-state index contributed by atoms with van der Waals surface area (Å²) in [4.78, 5) is 38.2. The van der Waals surface area contributed by atoms with Crippen molar-refractivity contribution in [3.63, 3.8) is 0 Å². The van der Waals surface area contributed by atoms with E-state index in [1.807, 2.05) is 20.8 Å². The summed E-state index contributed by atoms with van der Waals surface area (Å²) in [6.45, 7) is 7.14. The Bertz CT molecular complexity index is 925. The van der Waals surface area contributed by atoms with E-state index in [0.29, 0.717) is 0 Å². The Morgan fingerprint density at radius 2 is 1.70 bits per heavy atom. The second-order valence-corrected chi connectivity index (χ2v) is 10.7. The second-order valence-electron chi connectivity index (χ2n) is 10.7. The topological polar surface area (TPSA) is 149 Å². The molecule has 164 valence electrons. The minimum Gasteiger partial charge on any atom is -0.459 e. The average molecular weight is 424 g/mol. The number of aliphatic hydroxyl groups is 3. The molecule has 2 saturated carbocycles. The van der Waals surface area contributed by atoms with Crippen LogP contribution in [-0.4, -0.2) is 75.1 Å². The molecule has 4 saturated heterocycles. The van der Waals surface area contributed by atoms with Gasteiger partial charge in [-0.1, -0.05) is 20.8 Å². The van der Waals surface area contributed by atoms with Crippen LogP contribution in [0.25, 0.3) is 0 Å². The fourth-order valence-electron chi connectivity index (χ4n) is 8.12. The summed E-state index contributed by atoms with van der Waals surface area (Å²) in [6, 6.07) is 0. The number of aliphatic hydroxyl groups excluding tert-OH is 2. The Morgan fingerprint density at radius 3 is 2.33 bits per heavy atom. The Morgan fingerprint density at radius 1 is 1.03 bits per heavy atom. The molecular formula is C20H24O10. The van der Waals surface area contributed by atoms with E-state index in [0.717, 1.165) is 0 Å². The molecule has 4 aliphatic heterocycles. The summed E-state index contributed by atoms with van der Waals surface area (Å²) in [5, 5.41) is 34.7. The minimum absolute atomic E-state index is 0.229. The highest BCUT2D eigenvalue weighted by Crippen LogP contribution is 2.84. The Balaban J connectivity index is 1.72. The Hall–Kier alpha value is -1.75. The van der Waals surface area contributed by atoms with Gasteiger partial charge in [-0.15, -0.1) is 0 Å². The lowest BCUT2D eigenvalue weighted by molar-refractivity contribution is -0.239. The summed E-state index contributed by atoms with van der Waals surface area (Å²) in [5.41, 5.74) is -8.26. The number of hydrogen-bond donors (Lipinski definition) is 3. The molecule has 0 bridgehead atoms. The van der Waals surface area contributed by atoms with Gasteiger partial charge in [-0.3, -0.25) is 4.79 Å². The molecule has 6 aliphatic rings. The lowest BCUT2D eigenvalue weighted by atomic mass is 9.51. The van der Waals surface area contributed by atoms with Crippen molar-refractivity contribution in [2.45, 2.75) is 76.0 Å². The SMILES string of the molecule is C[C@@H]1C(=O)O[C@@H]2[C@H](O)C34[C@H]5C[C@@H](C(C)(C)C)C36[C@H](OC(=O)[C@@H]6O)OC4(C(=O)O5)[C@@]12O. The first-order chi connectivity index (χ1) is 13.8. The zero-order valence-electron chi connectivity index (χ0n) is 16.9. The van der Waals surface area contributed by atoms with Crippen molar-refractivity contribution in [1.29, 1.82) is 0 Å². The van der Waals surface area contributed by atoms with Crippen molar-refractivity contribution < 1.29 is 48.7 Å². The number of carbonyl (C=O) groups is 3. The number of esters is 3. The largest absolute Gasteiger partial charge is 0.459 e. The lowest BCUT2D eigenvalue weighted by Gasteiger charge is -2.47. The van der Waals surface area contributed by atoms with Crippen LogP contribution in [0.3, 0.4) is 0 Å². The maximum atomic E-state index is 13.4. The fraction of sp³-hybridized carbons (Fsp3) is 0.850. The van der Waals surface area contributed by atoms with Crippen LogP contribution in [-0.2, 0) is 33.3 Å². The molecule has 6 fully saturated rings. The monoisotopic (exact) mass is 424 g/mol. The number of hydrogen-bond acceptors (Lipinski definition) is 10. The number of carbonyl (C=O) groups excluding carboxylic acids is 3. The van der Waals surface area contributed by atoms with Crippen molar-refractivity contribution in [1.82, 2.24) is 0 Å². The van der Waals surface area contributed by atoms with Crippen molar-refractivity contribution in [3.8, 4) is 0 Å². The van der Waals surface area contributed by atoms with E-state index in [4.69, 9.17) is 18.9 Å². The normalized spacial score (nSPS) is 60.1. The van der Waals surface area contributed by atoms with Gasteiger partial charge in [0.15, 0.2) is 17.8 Å². The predicted molar refractivity (Wildman–Crippen MR) is 92.0 cm³/mol. The molecule has 2 spiro atoms. The van der Waals surface area contributed by atoms with Gasteiger partial charge < -0.3 is 34.3 Å². The van der Waals surface area contributed by atoms with Gasteiger partial charge in [-0.05, 0) is 24.7 Å². The molecule has 6 rings (SSSR count). The van der Waals surface area contributed by atoms with Crippen LogP contribution in [0.4, 0.5) is 0 Å². The third-order valence-electron chi connectivity index (χ3n) is 9.00. The molecule has 2 aliphatic carbocycles. The van der Waals surface area contributed by atoms with E-state index in [-0.39, 0.29) is 6.42 Å². The summed E-state index contributed by atoms with van der Waals surface area (Å²) in [5.74, 6) is -4.32. The summed E-state index contributed by atoms with van der Waals surface area (Å²) in [7, 11) is 0. The molecule has 0 radical (unpaired) electrons. The van der Waals surface area contributed by atoms with E-state index in [1.54, 1.807) is 0 Å². The molecule has 4 heterocycles. The smallest absolute Gasteiger partial charge is 0.343 e. The number of rotatable bonds is 0. The van der Waals surface area contributed by atoms with Crippen molar-refractivity contribution in [2.75, 3.05) is 0 Å². The summed E-state index contributed by atoms with van der Waals surface area (Å²) in [6.07, 6.45) is -6.91. The van der Waals surface area contributed by atoms with Crippen molar-refractivity contribution >= 4 is 17.9 Å². The minimum atomic E-state index is -2.24. The maximum Gasteiger partial charge on any atom is 0.343 e. The van der Waals surface area contributed by atoms with Gasteiger partial charge in [-0.25, -0.2) is 9.59 Å². The highest BCUT2D eigenvalue weighted by atomic mass is 16.8. The molecule has 30 heavy (non-hydrogen) atoms. The molecule has 0 aromatic heterocycles. The molecule has 3 N–H and O–H groups in total. The molecule has 10 nitrogen and oxygen atoms in total. The van der Waals surface area contributed by atoms with Crippen LogP contribution in [0.5, 0.6) is 0 Å². The van der Waals surface area contributed by atoms with Crippen LogP contribution < -0.4 is 0 Å². The van der Waals surface area contributed by atoms with Gasteiger partial charge in [-0.2, -0.15) is 0 Å². The quantitative estimate of drug-likeness (QED) is 0.314. The first-order valence-electron chi connectivity index (χ1n) is 10.2. The van der Waals surface area contributed by atoms with E-state index in [1.165, 1.54) is 6.92 Å². The van der Waals surface area contributed by atoms with E-state index in [2.05, 4.69) is 0 Å². The van der Waals surface area contributed by atoms with Crippen LogP contribution in [0.2, 0.25) is 0 Å². The number of fused-ring (bicyclic) bond motifs is 1. The highest BCUT2D eigenvalue weighted by Gasteiger charge is 3.03. The van der Waals surface area contributed by atoms with Gasteiger partial charge in [0.25, 0.3) is 0 Å². The van der Waals surface area contributed by atoms with Gasteiger partial charge >= 0.3 is 17.9 Å². The highest BCUT2D eigenvalue weighted by molar-refractivity contribution is 5.94. The third kappa shape index (κ3) is 1.33. The zero-order chi connectivity index (χ0) is 21.8. The van der Waals surface area contributed by atoms with Gasteiger partial charge in [0.1, 0.15) is 12.2 Å². The van der Waals surface area contributed by atoms with E-state index in [9.17, 15) is 29.7 Å². The van der Waals surface area contributed by atoms with Crippen molar-refractivity contribution in [3.05, 3.63) is 0 Å². The molecule has 0 aromatic rings. The predicted octanol–water partition coefficient (Wildman–Crippen LogP) is -1.37. The fourth-order valence-corrected chi connectivity index (χ4v) is 8.12. The molecule has 3 unspecified atom stereocenters. The lowest BCUT2D eigenvalue weighted by Crippen LogP contribution is -2.67. The van der Waals surface area contributed by atoms with E-state index >= 15 is 0 Å². The first kappa shape index (κ1) is 19.0. The molecule has 11 atom stereocenters. The summed E-state index contributed by atoms with van der Waals surface area (Å²) >= 11 is 0. The first-order valence-corrected chi connectivity index (χ1v) is 10.2. The standard InChI is InChI=1S/C20H24O10/c1-6-12(23)28-11-9(21)18-8-5-7(16(2,3)4)17(18)10(22)13(24)29-15(17)30-20(18,14(25)27-8)19(6,11)26/h6-11,15,21-22,26H,5H2,1-4H3/t6-,7+,8-,9+,10+,11-,15-,17?,18?,19-,20?/m1/s1. The molecule has 10 heteroatoms. The van der Waals surface area contributed by atoms with Gasteiger partial charge in [0.05, 0.1) is 16.7 Å². The number of ether oxygens (including phenoxy) is 4. The van der Waals surface area contributed by atoms with Crippen LogP contribution in [0.1, 0.15) is 34.1 Å². The van der Waals surface area contributed by atoms with Gasteiger partial charge in [0, 0.05) is 0 Å². The average Bonchev–Trinajstić information content (AvgIpc) is 3.35. The van der Waals surface area contributed by atoms with Crippen LogP contribution in [0.15, 0.2) is 0 Å². The molecule has 0 aromatic carbocycles. The Labute approximate surface area is 171 Å². The van der Waals surface area contributed by atoms with Crippen LogP contribution >= 0.6 is 0 Å².